The van der Waals surface area contributed by atoms with Gasteiger partial charge in [-0.3, -0.25) is 4.90 Å². The molecule has 0 spiro atoms. The van der Waals surface area contributed by atoms with Crippen molar-refractivity contribution in [2.24, 2.45) is 0 Å². The van der Waals surface area contributed by atoms with Crippen molar-refractivity contribution in [3.05, 3.63) is 35.9 Å². The molecule has 4 heteroatoms. The van der Waals surface area contributed by atoms with Crippen LogP contribution in [0.1, 0.15) is 23.2 Å². The van der Waals surface area contributed by atoms with Gasteiger partial charge in [-0.2, -0.15) is 0 Å². The highest BCUT2D eigenvalue weighted by Crippen LogP contribution is 2.32. The van der Waals surface area contributed by atoms with E-state index in [1.54, 1.807) is 12.1 Å². The van der Waals surface area contributed by atoms with Gasteiger partial charge in [0.05, 0.1) is 5.56 Å². The van der Waals surface area contributed by atoms with Crippen molar-refractivity contribution in [2.75, 3.05) is 13.1 Å². The van der Waals surface area contributed by atoms with Gasteiger partial charge in [-0.25, -0.2) is 9.18 Å². The van der Waals surface area contributed by atoms with E-state index in [4.69, 9.17) is 4.74 Å². The lowest BCUT2D eigenvalue weighted by Gasteiger charge is -2.47. The van der Waals surface area contributed by atoms with E-state index in [0.717, 1.165) is 12.8 Å². The molecule has 1 aromatic carbocycles. The van der Waals surface area contributed by atoms with E-state index >= 15 is 0 Å². The second-order valence-electron chi connectivity index (χ2n) is 5.07. The highest BCUT2D eigenvalue weighted by molar-refractivity contribution is 5.89. The number of alkyl halides is 1. The molecule has 2 aliphatic rings. The van der Waals surface area contributed by atoms with Crippen molar-refractivity contribution in [3.8, 4) is 0 Å². The molecule has 1 aromatic rings. The quantitative estimate of drug-likeness (QED) is 0.768. The van der Waals surface area contributed by atoms with Crippen molar-refractivity contribution in [3.63, 3.8) is 0 Å². The second kappa shape index (κ2) is 4.69. The van der Waals surface area contributed by atoms with Gasteiger partial charge in [0.15, 0.2) is 0 Å². The third-order valence-electron chi connectivity index (χ3n) is 3.73. The number of carbonyl (C=O) groups is 1. The zero-order valence-electron chi connectivity index (χ0n) is 10.1. The molecule has 0 amide bonds. The summed E-state index contributed by atoms with van der Waals surface area (Å²) in [5.41, 5.74) is 0.591. The molecular formula is C14H16FNO2. The van der Waals surface area contributed by atoms with Crippen LogP contribution in [0.15, 0.2) is 30.3 Å². The summed E-state index contributed by atoms with van der Waals surface area (Å²) in [6.07, 6.45) is 1.02. The second-order valence-corrected chi connectivity index (χ2v) is 5.07. The van der Waals surface area contributed by atoms with E-state index in [0.29, 0.717) is 24.7 Å². The number of nitrogens with zero attached hydrogens (tertiary/aromatic N) is 1. The molecule has 3 rings (SSSR count). The molecule has 0 aromatic heterocycles. The highest BCUT2D eigenvalue weighted by atomic mass is 19.1. The lowest BCUT2D eigenvalue weighted by Crippen LogP contribution is -2.59. The largest absolute Gasteiger partial charge is 0.459 e. The van der Waals surface area contributed by atoms with Gasteiger partial charge in [0.2, 0.25) is 0 Å². The summed E-state index contributed by atoms with van der Waals surface area (Å²) in [7, 11) is 0. The van der Waals surface area contributed by atoms with E-state index in [-0.39, 0.29) is 12.1 Å². The lowest BCUT2D eigenvalue weighted by atomic mass is 9.86. The number of ether oxygens (including phenoxy) is 1. The lowest BCUT2D eigenvalue weighted by molar-refractivity contribution is -0.0657. The Balaban J connectivity index is 1.44. The van der Waals surface area contributed by atoms with E-state index in [2.05, 4.69) is 4.90 Å². The minimum Gasteiger partial charge on any atom is -0.459 e. The minimum absolute atomic E-state index is 0.00127. The molecular weight excluding hydrogens is 233 g/mol. The highest BCUT2D eigenvalue weighted by Gasteiger charge is 2.41. The fraction of sp³-hybridized carbons (Fsp3) is 0.500. The summed E-state index contributed by atoms with van der Waals surface area (Å²) in [4.78, 5) is 13.9. The number of carbonyl (C=O) groups excluding carboxylic acids is 1. The Morgan fingerprint density at radius 2 is 1.89 bits per heavy atom. The Morgan fingerprint density at radius 3 is 2.50 bits per heavy atom. The first-order valence-electron chi connectivity index (χ1n) is 6.36. The van der Waals surface area contributed by atoms with Crippen molar-refractivity contribution in [1.82, 2.24) is 4.90 Å². The van der Waals surface area contributed by atoms with Crippen LogP contribution in [0.4, 0.5) is 4.39 Å². The van der Waals surface area contributed by atoms with Gasteiger partial charge < -0.3 is 4.74 Å². The Bertz CT molecular complexity index is 425. The van der Waals surface area contributed by atoms with Gasteiger partial charge >= 0.3 is 5.97 Å². The van der Waals surface area contributed by atoms with E-state index in [9.17, 15) is 9.18 Å². The van der Waals surface area contributed by atoms with Crippen molar-refractivity contribution < 1.29 is 13.9 Å². The van der Waals surface area contributed by atoms with Crippen LogP contribution in [0, 0.1) is 0 Å². The Kier molecular flexibility index (Phi) is 3.04. The molecule has 1 saturated carbocycles. The molecule has 0 bridgehead atoms. The fourth-order valence-electron chi connectivity index (χ4n) is 2.48. The monoisotopic (exact) mass is 249 g/mol. The third kappa shape index (κ3) is 2.25. The van der Waals surface area contributed by atoms with Gasteiger partial charge in [0.25, 0.3) is 0 Å². The first-order valence-corrected chi connectivity index (χ1v) is 6.36. The molecule has 1 saturated heterocycles. The van der Waals surface area contributed by atoms with Gasteiger partial charge in [-0.05, 0) is 12.1 Å². The average molecular weight is 249 g/mol. The normalized spacial score (nSPS) is 28.3. The molecule has 0 atom stereocenters. The summed E-state index contributed by atoms with van der Waals surface area (Å²) in [5.74, 6) is -0.258. The van der Waals surface area contributed by atoms with Crippen molar-refractivity contribution >= 4 is 5.97 Å². The number of hydrogen-bond donors (Lipinski definition) is 0. The number of likely N-dealkylation sites (tertiary alicyclic amines) is 1. The molecule has 3 nitrogen and oxygen atoms in total. The van der Waals surface area contributed by atoms with Gasteiger partial charge in [0, 0.05) is 32.0 Å². The van der Waals surface area contributed by atoms with Crippen molar-refractivity contribution in [1.29, 1.82) is 0 Å². The van der Waals surface area contributed by atoms with Gasteiger partial charge in [0.1, 0.15) is 12.3 Å². The standard InChI is InChI=1S/C14H16FNO2/c15-11-8-16(9-11)12-6-13(7-12)18-14(17)10-4-2-1-3-5-10/h1-5,11-13H,6-9H2. The SMILES string of the molecule is O=C(OC1CC(N2CC(F)C2)C1)c1ccccc1. The predicted molar refractivity (Wildman–Crippen MR) is 65.1 cm³/mol. The van der Waals surface area contributed by atoms with Crippen LogP contribution in [0.5, 0.6) is 0 Å². The first-order chi connectivity index (χ1) is 8.72. The maximum atomic E-state index is 12.7. The number of benzene rings is 1. The van der Waals surface area contributed by atoms with Crippen LogP contribution < -0.4 is 0 Å². The van der Waals surface area contributed by atoms with Crippen LogP contribution in [-0.2, 0) is 4.74 Å². The third-order valence-corrected chi connectivity index (χ3v) is 3.73. The molecule has 2 fully saturated rings. The molecule has 0 N–H and O–H groups in total. The number of rotatable bonds is 3. The summed E-state index contributed by atoms with van der Waals surface area (Å²) in [6, 6.07) is 9.42. The Labute approximate surface area is 106 Å². The molecule has 18 heavy (non-hydrogen) atoms. The number of halogens is 1. The summed E-state index contributed by atoms with van der Waals surface area (Å²) >= 11 is 0. The molecule has 1 aliphatic carbocycles. The fourth-order valence-corrected chi connectivity index (χ4v) is 2.48. The number of hydrogen-bond acceptors (Lipinski definition) is 3. The van der Waals surface area contributed by atoms with E-state index < -0.39 is 6.17 Å². The maximum Gasteiger partial charge on any atom is 0.338 e. The van der Waals surface area contributed by atoms with Crippen LogP contribution in [0.3, 0.4) is 0 Å². The molecule has 1 aliphatic heterocycles. The minimum atomic E-state index is -0.657. The van der Waals surface area contributed by atoms with Crippen LogP contribution >= 0.6 is 0 Å². The average Bonchev–Trinajstić information content (AvgIpc) is 2.31. The van der Waals surface area contributed by atoms with Gasteiger partial charge in [-0.15, -0.1) is 0 Å². The number of esters is 1. The maximum absolute atomic E-state index is 12.7. The Morgan fingerprint density at radius 1 is 1.22 bits per heavy atom. The van der Waals surface area contributed by atoms with Gasteiger partial charge in [-0.1, -0.05) is 18.2 Å². The molecule has 1 heterocycles. The van der Waals surface area contributed by atoms with E-state index in [1.165, 1.54) is 0 Å². The van der Waals surface area contributed by atoms with Crippen molar-refractivity contribution in [2.45, 2.75) is 31.2 Å². The smallest absolute Gasteiger partial charge is 0.338 e. The zero-order chi connectivity index (χ0) is 12.5. The predicted octanol–water partition coefficient (Wildman–Crippen LogP) is 2.03. The molecule has 0 unspecified atom stereocenters. The Hall–Kier alpha value is -1.42. The van der Waals surface area contributed by atoms with Crippen LogP contribution in [0.2, 0.25) is 0 Å². The summed E-state index contributed by atoms with van der Waals surface area (Å²) in [6.45, 7) is 1.09. The topological polar surface area (TPSA) is 29.5 Å². The van der Waals surface area contributed by atoms with Crippen LogP contribution in [-0.4, -0.2) is 42.3 Å². The molecule has 0 radical (unpaired) electrons. The molecule has 96 valence electrons. The van der Waals surface area contributed by atoms with E-state index in [1.807, 2.05) is 18.2 Å². The summed E-state index contributed by atoms with van der Waals surface area (Å²) in [5, 5.41) is 0. The first kappa shape index (κ1) is 11.7. The zero-order valence-corrected chi connectivity index (χ0v) is 10.1. The summed E-state index contributed by atoms with van der Waals surface area (Å²) < 4.78 is 18.1. The van der Waals surface area contributed by atoms with Crippen LogP contribution in [0.25, 0.3) is 0 Å².